The van der Waals surface area contributed by atoms with Crippen molar-refractivity contribution in [1.82, 2.24) is 0 Å². The Hall–Kier alpha value is -2.23. The summed E-state index contributed by atoms with van der Waals surface area (Å²) < 4.78 is 3.86. The Labute approximate surface area is 154 Å². The van der Waals surface area contributed by atoms with E-state index in [1.165, 1.54) is 10.7 Å². The molecule has 0 bridgehead atoms. The van der Waals surface area contributed by atoms with Crippen molar-refractivity contribution >= 4 is 41.8 Å². The fraction of sp³-hybridized carbons (Fsp3) is 0. The second-order valence-electron chi connectivity index (χ2n) is 5.43. The van der Waals surface area contributed by atoms with Crippen LogP contribution in [0.2, 0.25) is 0 Å². The van der Waals surface area contributed by atoms with Gasteiger partial charge in [0.25, 0.3) is 0 Å². The van der Waals surface area contributed by atoms with Gasteiger partial charge in [-0.1, -0.05) is 0 Å². The summed E-state index contributed by atoms with van der Waals surface area (Å²) in [6, 6.07) is 31.4. The number of hydrogen-bond acceptors (Lipinski definition) is 3. The summed E-state index contributed by atoms with van der Waals surface area (Å²) in [5.41, 5.74) is 6.13. The van der Waals surface area contributed by atoms with Crippen LogP contribution in [0.5, 0.6) is 0 Å². The van der Waals surface area contributed by atoms with Crippen molar-refractivity contribution in [2.45, 2.75) is 0 Å². The molecule has 3 rings (SSSR count). The van der Waals surface area contributed by atoms with Crippen LogP contribution >= 0.6 is 8.95 Å². The van der Waals surface area contributed by atoms with Gasteiger partial charge in [-0.15, -0.1) is 0 Å². The Balaban J connectivity index is 2.32. The van der Waals surface area contributed by atoms with Gasteiger partial charge in [0.2, 0.25) is 0 Å². The van der Waals surface area contributed by atoms with Gasteiger partial charge < -0.3 is 0 Å². The van der Waals surface area contributed by atoms with Crippen LogP contribution in [-0.2, 0) is 0 Å². The molecule has 0 heterocycles. The van der Waals surface area contributed by atoms with Crippen LogP contribution in [0.1, 0.15) is 0 Å². The molecule has 0 aliphatic rings. The van der Waals surface area contributed by atoms with Crippen LogP contribution in [0.3, 0.4) is 0 Å². The van der Waals surface area contributed by atoms with Crippen LogP contribution in [-0.4, -0.2) is 22.2 Å². The molecule has 25 heavy (non-hydrogen) atoms. The third-order valence-corrected chi connectivity index (χ3v) is 23.5. The molecule has 0 radical (unpaired) electrons. The van der Waals surface area contributed by atoms with E-state index in [2.05, 4.69) is 77.8 Å². The van der Waals surface area contributed by atoms with Gasteiger partial charge in [-0.05, 0) is 0 Å². The van der Waals surface area contributed by atoms with E-state index in [1.807, 2.05) is 24.4 Å². The number of aliphatic imine (C=N–C) groups is 1. The van der Waals surface area contributed by atoms with E-state index in [-0.39, 0.29) is 0 Å². The average Bonchev–Trinajstić information content (AvgIpc) is 2.68. The van der Waals surface area contributed by atoms with E-state index >= 15 is 0 Å². The molecule has 0 amide bonds. The molecule has 5 heteroatoms. The maximum atomic E-state index is 8.94. The number of nitrogens with two attached hydrogens (primary N) is 1. The molecule has 0 atom stereocenters. The molecular weight excluding hydrogens is 433 g/mol. The Morgan fingerprint density at radius 3 is 1.44 bits per heavy atom. The first-order chi connectivity index (χ1) is 12.3. The first-order valence-corrected chi connectivity index (χ1v) is 16.4. The Morgan fingerprint density at radius 1 is 0.760 bits per heavy atom. The molecule has 0 aliphatic heterocycles. The quantitative estimate of drug-likeness (QED) is 0.287. The van der Waals surface area contributed by atoms with Crippen LogP contribution in [0.4, 0.5) is 0 Å². The summed E-state index contributed by atoms with van der Waals surface area (Å²) in [6.45, 7) is 0. The van der Waals surface area contributed by atoms with Gasteiger partial charge >= 0.3 is 155 Å². The van der Waals surface area contributed by atoms with E-state index in [0.29, 0.717) is 5.17 Å². The Kier molecular flexibility index (Phi) is 5.79. The van der Waals surface area contributed by atoms with Crippen molar-refractivity contribution in [3.05, 3.63) is 91.0 Å². The van der Waals surface area contributed by atoms with E-state index in [9.17, 15) is 0 Å². The van der Waals surface area contributed by atoms with Gasteiger partial charge in [0.15, 0.2) is 0 Å². The fourth-order valence-corrected chi connectivity index (χ4v) is 21.0. The zero-order valence-electron chi connectivity index (χ0n) is 13.5. The van der Waals surface area contributed by atoms with Crippen molar-refractivity contribution in [3.8, 4) is 6.19 Å². The summed E-state index contributed by atoms with van der Waals surface area (Å²) in [5, 5.41) is 9.27. The molecule has 3 nitrogen and oxygen atoms in total. The third-order valence-electron chi connectivity index (χ3n) is 3.96. The number of nitriles is 1. The standard InChI is InChI=1S/3C6H5.C2H3N3S.Sn/c3*1-2-4-6-5-3-1;3-1-5-2(4)6;/h3*1-5H;(H3,4,5,6);/q;;;;+1/p-1. The molecule has 2 N–H and O–H groups in total. The average molecular weight is 450 g/mol. The molecule has 3 aromatic rings. The Bertz CT molecular complexity index is 794. The second kappa shape index (κ2) is 8.23. The van der Waals surface area contributed by atoms with Crippen molar-refractivity contribution in [1.29, 1.82) is 5.26 Å². The summed E-state index contributed by atoms with van der Waals surface area (Å²) in [7, 11) is 1.59. The predicted octanol–water partition coefficient (Wildman–Crippen LogP) is 2.18. The molecule has 0 saturated carbocycles. The van der Waals surface area contributed by atoms with Crippen LogP contribution < -0.4 is 16.5 Å². The van der Waals surface area contributed by atoms with Gasteiger partial charge in [-0.2, -0.15) is 0 Å². The monoisotopic (exact) mass is 451 g/mol. The zero-order valence-corrected chi connectivity index (χ0v) is 17.2. The van der Waals surface area contributed by atoms with Gasteiger partial charge in [0.05, 0.1) is 0 Å². The van der Waals surface area contributed by atoms with E-state index < -0.39 is 17.0 Å². The van der Waals surface area contributed by atoms with Crippen LogP contribution in [0, 0.1) is 11.5 Å². The van der Waals surface area contributed by atoms with Gasteiger partial charge in [0.1, 0.15) is 0 Å². The van der Waals surface area contributed by atoms with Crippen LogP contribution in [0.15, 0.2) is 96.0 Å². The van der Waals surface area contributed by atoms with Crippen molar-refractivity contribution in [2.24, 2.45) is 10.7 Å². The fourth-order valence-electron chi connectivity index (χ4n) is 2.92. The van der Waals surface area contributed by atoms with Crippen molar-refractivity contribution in [2.75, 3.05) is 0 Å². The molecule has 3 aromatic carbocycles. The molecular formula is C20H17N3SSn. The first kappa shape index (κ1) is 17.6. The molecule has 0 spiro atoms. The second-order valence-corrected chi connectivity index (χ2v) is 20.7. The van der Waals surface area contributed by atoms with Gasteiger partial charge in [-0.25, -0.2) is 0 Å². The van der Waals surface area contributed by atoms with E-state index in [4.69, 9.17) is 11.0 Å². The zero-order chi connectivity index (χ0) is 17.5. The molecule has 0 fully saturated rings. The topological polar surface area (TPSA) is 62.2 Å². The normalized spacial score (nSPS) is 11.7. The van der Waals surface area contributed by atoms with E-state index in [0.717, 1.165) is 0 Å². The number of nitrogens with zero attached hydrogens (tertiary/aromatic N) is 2. The number of hydrogen-bond donors (Lipinski definition) is 1. The van der Waals surface area contributed by atoms with Gasteiger partial charge in [0, 0.05) is 0 Å². The third kappa shape index (κ3) is 3.73. The summed E-state index contributed by atoms with van der Waals surface area (Å²) in [6.07, 6.45) is 1.82. The molecule has 0 aromatic heterocycles. The molecule has 0 unspecified atom stereocenters. The summed E-state index contributed by atoms with van der Waals surface area (Å²) in [5.74, 6) is 0. The van der Waals surface area contributed by atoms with Crippen LogP contribution in [0.25, 0.3) is 0 Å². The SMILES string of the molecule is N#CN=C(N)[S][Sn]([c]1ccccc1)([c]1ccccc1)[c]1ccccc1. The maximum absolute atomic E-state index is 8.94. The predicted molar refractivity (Wildman–Crippen MR) is 109 cm³/mol. The Morgan fingerprint density at radius 2 is 1.12 bits per heavy atom. The first-order valence-electron chi connectivity index (χ1n) is 7.85. The molecule has 0 saturated heterocycles. The number of amidine groups is 1. The molecule has 0 aliphatic carbocycles. The van der Waals surface area contributed by atoms with Gasteiger partial charge in [-0.3, -0.25) is 0 Å². The van der Waals surface area contributed by atoms with E-state index in [1.54, 1.807) is 8.95 Å². The minimum absolute atomic E-state index is 0.329. The summed E-state index contributed by atoms with van der Waals surface area (Å²) in [4.78, 5) is 3.80. The van der Waals surface area contributed by atoms with Crippen molar-refractivity contribution in [3.63, 3.8) is 0 Å². The van der Waals surface area contributed by atoms with Crippen molar-refractivity contribution < 1.29 is 0 Å². The molecule has 122 valence electrons. The number of benzene rings is 3. The minimum atomic E-state index is -3.50. The summed E-state index contributed by atoms with van der Waals surface area (Å²) >= 11 is -3.50. The number of rotatable bonds is 4.